The Bertz CT molecular complexity index is 956. The van der Waals surface area contributed by atoms with Gasteiger partial charge in [0.25, 0.3) is 20.2 Å². The summed E-state index contributed by atoms with van der Waals surface area (Å²) in [5.74, 6) is 0. The number of benzene rings is 2. The van der Waals surface area contributed by atoms with Gasteiger partial charge in [-0.2, -0.15) is 16.8 Å². The van der Waals surface area contributed by atoms with Gasteiger partial charge in [0.1, 0.15) is 9.79 Å². The number of hydrogen-bond acceptors (Lipinski definition) is 4. The molecule has 0 radical (unpaired) electrons. The van der Waals surface area contributed by atoms with Crippen molar-refractivity contribution in [3.8, 4) is 0 Å². The average Bonchev–Trinajstić information content (AvgIpc) is 2.30. The molecule has 0 saturated carbocycles. The molecule has 0 unspecified atom stereocenters. The quantitative estimate of drug-likeness (QED) is 0.818. The Hall–Kier alpha value is -1.48. The smallest absolute Gasteiger partial charge is 0.282 e. The summed E-state index contributed by atoms with van der Waals surface area (Å²) in [6, 6.07) is 4.69. The Morgan fingerprint density at radius 2 is 1.33 bits per heavy atom. The molecule has 2 aromatic rings. The van der Waals surface area contributed by atoms with E-state index in [2.05, 4.69) is 0 Å². The minimum absolute atomic E-state index is 0.0632. The van der Waals surface area contributed by atoms with Crippen LogP contribution in [0.3, 0.4) is 0 Å². The van der Waals surface area contributed by atoms with Gasteiger partial charge in [-0.1, -0.05) is 18.2 Å². The summed E-state index contributed by atoms with van der Waals surface area (Å²) in [4.78, 5) is -1.56. The third-order valence-corrected chi connectivity index (χ3v) is 5.61. The van der Waals surface area contributed by atoms with E-state index in [-0.39, 0.29) is 10.9 Å². The monoisotopic (exact) mass is 330 g/mol. The van der Waals surface area contributed by atoms with Gasteiger partial charge in [0.15, 0.2) is 0 Å². The van der Waals surface area contributed by atoms with E-state index in [9.17, 15) is 25.9 Å². The van der Waals surface area contributed by atoms with Crippen LogP contribution < -0.4 is 0 Å². The Morgan fingerprint density at radius 3 is 1.81 bits per heavy atom. The Morgan fingerprint density at radius 1 is 0.810 bits per heavy atom. The predicted molar refractivity (Wildman–Crippen MR) is 77.8 cm³/mol. The molecular weight excluding hydrogens is 316 g/mol. The van der Waals surface area contributed by atoms with Crippen molar-refractivity contribution in [2.75, 3.05) is 0 Å². The van der Waals surface area contributed by atoms with Crippen LogP contribution in [0.1, 0.15) is 16.7 Å². The normalized spacial score (nSPS) is 12.8. The molecule has 0 fully saturated rings. The van der Waals surface area contributed by atoms with E-state index >= 15 is 0 Å². The highest BCUT2D eigenvalue weighted by molar-refractivity contribution is 7.89. The highest BCUT2D eigenvalue weighted by atomic mass is 32.2. The van der Waals surface area contributed by atoms with Gasteiger partial charge in [0.2, 0.25) is 0 Å². The molecule has 0 heterocycles. The SMILES string of the molecule is Cc1c(S(=O)(=O)O)c(S(=O)(=O)O)c2cccc(C)c2c1C. The molecule has 0 saturated heterocycles. The van der Waals surface area contributed by atoms with Crippen molar-refractivity contribution in [3.05, 3.63) is 34.9 Å². The van der Waals surface area contributed by atoms with Crippen molar-refractivity contribution >= 4 is 31.0 Å². The summed E-state index contributed by atoms with van der Waals surface area (Å²) in [7, 11) is -9.65. The van der Waals surface area contributed by atoms with Gasteiger partial charge >= 0.3 is 0 Å². The highest BCUT2D eigenvalue weighted by Crippen LogP contribution is 2.37. The van der Waals surface area contributed by atoms with Crippen LogP contribution in [0, 0.1) is 20.8 Å². The maximum atomic E-state index is 11.7. The molecular formula is C13H14O6S2. The standard InChI is InChI=1S/C13H14O6S2/c1-7-5-4-6-10-11(7)8(2)9(3)12(20(14,15)16)13(10)21(17,18)19/h4-6H,1-3H3,(H,14,15,16)(H,17,18,19). The van der Waals surface area contributed by atoms with Crippen LogP contribution in [0.2, 0.25) is 0 Å². The molecule has 8 heteroatoms. The Balaban J connectivity index is 3.32. The van der Waals surface area contributed by atoms with Crippen molar-refractivity contribution in [1.29, 1.82) is 0 Å². The largest absolute Gasteiger partial charge is 0.296 e. The summed E-state index contributed by atoms with van der Waals surface area (Å²) in [6.45, 7) is 4.77. The molecule has 114 valence electrons. The molecule has 2 N–H and O–H groups in total. The molecule has 0 amide bonds. The maximum absolute atomic E-state index is 11.7. The number of aryl methyl sites for hydroxylation is 2. The van der Waals surface area contributed by atoms with Gasteiger partial charge in [0.05, 0.1) is 0 Å². The van der Waals surface area contributed by atoms with Crippen molar-refractivity contribution in [2.24, 2.45) is 0 Å². The molecule has 0 bridgehead atoms. The summed E-state index contributed by atoms with van der Waals surface area (Å²) in [5.41, 5.74) is 1.36. The number of rotatable bonds is 2. The Labute approximate surface area is 122 Å². The molecule has 0 aliphatic heterocycles. The first kappa shape index (κ1) is 15.9. The number of fused-ring (bicyclic) bond motifs is 1. The molecule has 21 heavy (non-hydrogen) atoms. The first-order chi connectivity index (χ1) is 9.46. The van der Waals surface area contributed by atoms with Crippen LogP contribution in [0.5, 0.6) is 0 Å². The number of hydrogen-bond donors (Lipinski definition) is 2. The fraction of sp³-hybridized carbons (Fsp3) is 0.231. The van der Waals surface area contributed by atoms with Crippen LogP contribution in [0.15, 0.2) is 28.0 Å². The molecule has 2 rings (SSSR count). The van der Waals surface area contributed by atoms with Gasteiger partial charge in [0, 0.05) is 5.39 Å². The average molecular weight is 330 g/mol. The molecule has 6 nitrogen and oxygen atoms in total. The second-order valence-corrected chi connectivity index (χ2v) is 7.57. The molecule has 0 aromatic heterocycles. The maximum Gasteiger partial charge on any atom is 0.296 e. The van der Waals surface area contributed by atoms with Crippen molar-refractivity contribution in [1.82, 2.24) is 0 Å². The van der Waals surface area contributed by atoms with Gasteiger partial charge in [-0.05, 0) is 42.8 Å². The predicted octanol–water partition coefficient (Wildman–Crippen LogP) is 2.26. The topological polar surface area (TPSA) is 109 Å². The molecule has 0 aliphatic rings. The lowest BCUT2D eigenvalue weighted by Crippen LogP contribution is -2.12. The van der Waals surface area contributed by atoms with Crippen LogP contribution in [0.25, 0.3) is 10.8 Å². The van der Waals surface area contributed by atoms with Crippen molar-refractivity contribution < 1.29 is 25.9 Å². The van der Waals surface area contributed by atoms with Crippen LogP contribution in [-0.2, 0) is 20.2 Å². The molecule has 2 aromatic carbocycles. The van der Waals surface area contributed by atoms with E-state index in [0.717, 1.165) is 5.56 Å². The van der Waals surface area contributed by atoms with E-state index in [1.165, 1.54) is 13.0 Å². The summed E-state index contributed by atoms with van der Waals surface area (Å²) in [6.07, 6.45) is 0. The fourth-order valence-corrected chi connectivity index (χ4v) is 4.92. The minimum Gasteiger partial charge on any atom is -0.282 e. The zero-order chi connectivity index (χ0) is 16.2. The fourth-order valence-electron chi connectivity index (χ4n) is 2.57. The van der Waals surface area contributed by atoms with Crippen LogP contribution in [-0.4, -0.2) is 25.9 Å². The van der Waals surface area contributed by atoms with Gasteiger partial charge in [-0.25, -0.2) is 0 Å². The molecule has 0 spiro atoms. The van der Waals surface area contributed by atoms with E-state index in [1.807, 2.05) is 0 Å². The lowest BCUT2D eigenvalue weighted by Gasteiger charge is -2.16. The first-order valence-corrected chi connectivity index (χ1v) is 8.81. The van der Waals surface area contributed by atoms with Crippen LogP contribution >= 0.6 is 0 Å². The molecule has 0 aliphatic carbocycles. The zero-order valence-corrected chi connectivity index (χ0v) is 13.2. The van der Waals surface area contributed by atoms with E-state index in [4.69, 9.17) is 0 Å². The zero-order valence-electron chi connectivity index (χ0n) is 11.6. The van der Waals surface area contributed by atoms with E-state index < -0.39 is 30.0 Å². The third kappa shape index (κ3) is 2.55. The lowest BCUT2D eigenvalue weighted by molar-refractivity contribution is 0.467. The van der Waals surface area contributed by atoms with E-state index in [0.29, 0.717) is 10.9 Å². The highest BCUT2D eigenvalue weighted by Gasteiger charge is 2.30. The first-order valence-electron chi connectivity index (χ1n) is 5.93. The second-order valence-electron chi connectivity index (χ2n) is 4.86. The second kappa shape index (κ2) is 4.77. The lowest BCUT2D eigenvalue weighted by atomic mass is 9.97. The Kier molecular flexibility index (Phi) is 3.61. The molecule has 0 atom stereocenters. The van der Waals surface area contributed by atoms with Gasteiger partial charge < -0.3 is 0 Å². The summed E-state index contributed by atoms with van der Waals surface area (Å²) < 4.78 is 65.3. The van der Waals surface area contributed by atoms with Crippen molar-refractivity contribution in [2.45, 2.75) is 30.6 Å². The van der Waals surface area contributed by atoms with E-state index in [1.54, 1.807) is 26.0 Å². The summed E-state index contributed by atoms with van der Waals surface area (Å²) >= 11 is 0. The third-order valence-electron chi connectivity index (χ3n) is 3.52. The van der Waals surface area contributed by atoms with Gasteiger partial charge in [-0.3, -0.25) is 9.11 Å². The van der Waals surface area contributed by atoms with Crippen LogP contribution in [0.4, 0.5) is 0 Å². The minimum atomic E-state index is -4.84. The van der Waals surface area contributed by atoms with Gasteiger partial charge in [-0.15, -0.1) is 0 Å². The summed E-state index contributed by atoms with van der Waals surface area (Å²) in [5, 5.41) is 0.600. The van der Waals surface area contributed by atoms with Crippen molar-refractivity contribution in [3.63, 3.8) is 0 Å².